The van der Waals surface area contributed by atoms with Gasteiger partial charge in [-0.3, -0.25) is 9.80 Å². The summed E-state index contributed by atoms with van der Waals surface area (Å²) in [7, 11) is 11.6. The number of carbonyl (C=O) groups excluding carboxylic acids is 6. The number of halogens is 25. The van der Waals surface area contributed by atoms with Crippen molar-refractivity contribution in [2.75, 3.05) is 42.3 Å². The summed E-state index contributed by atoms with van der Waals surface area (Å²) >= 11 is 0. The number of piperidine rings is 6. The summed E-state index contributed by atoms with van der Waals surface area (Å²) in [5.41, 5.74) is -8.52. The Bertz CT molecular complexity index is 5110. The number of hydrogen-bond acceptors (Lipinski definition) is 20. The molecule has 6 aromatic carbocycles. The first-order valence-corrected chi connectivity index (χ1v) is 43.6. The number of benzene rings is 6. The van der Waals surface area contributed by atoms with Gasteiger partial charge in [0, 0.05) is 96.2 Å². The van der Waals surface area contributed by atoms with Gasteiger partial charge in [0.05, 0.1) is 5.56 Å². The highest BCUT2D eigenvalue weighted by Gasteiger charge is 2.49. The lowest BCUT2D eigenvalue weighted by Gasteiger charge is -2.53. The average Bonchev–Trinajstić information content (AvgIpc) is 0.767. The molecule has 0 amide bonds. The molecule has 139 heavy (non-hydrogen) atoms. The second kappa shape index (κ2) is 45.8. The molecule has 0 bridgehead atoms. The van der Waals surface area contributed by atoms with Crippen LogP contribution in [-0.2, 0) is 28.4 Å². The summed E-state index contributed by atoms with van der Waals surface area (Å²) in [6, 6.07) is 2.67. The summed E-state index contributed by atoms with van der Waals surface area (Å²) in [5.74, 6) is -61.7. The van der Waals surface area contributed by atoms with E-state index in [2.05, 4.69) is 24.5 Å². The minimum atomic E-state index is -2.31. The Labute approximate surface area is 785 Å². The van der Waals surface area contributed by atoms with Crippen molar-refractivity contribution in [1.29, 1.82) is 0 Å². The summed E-state index contributed by atoms with van der Waals surface area (Å²) in [4.78, 5) is 84.6. The number of rotatable bonds is 12. The van der Waals surface area contributed by atoms with Crippen LogP contribution in [0.1, 0.15) is 250 Å². The van der Waals surface area contributed by atoms with Crippen molar-refractivity contribution >= 4 is 35.8 Å². The average molecular weight is 2020 g/mol. The number of phenols is 2. The maximum Gasteiger partial charge on any atom is 0.345 e. The Morgan fingerprint density at radius 2 is 0.432 bits per heavy atom. The highest BCUT2D eigenvalue weighted by atomic mass is 19.2. The lowest BCUT2D eigenvalue weighted by molar-refractivity contribution is -0.0743. The first kappa shape index (κ1) is 116. The third-order valence-corrected chi connectivity index (χ3v) is 26.8. The van der Waals surface area contributed by atoms with Gasteiger partial charge < -0.3 is 58.2 Å². The molecule has 8 atom stereocenters. The number of likely N-dealkylation sites (tertiary alicyclic amines) is 6. The summed E-state index contributed by atoms with van der Waals surface area (Å²) in [6.07, 6.45) is 2.14. The number of aromatic hydroxyl groups is 2. The maximum absolute atomic E-state index is 13.8. The Morgan fingerprint density at radius 1 is 0.245 bits per heavy atom. The second-order valence-electron chi connectivity index (χ2n) is 38.1. The van der Waals surface area contributed by atoms with Crippen LogP contribution in [0.2, 0.25) is 0 Å². The van der Waals surface area contributed by atoms with Crippen LogP contribution in [0.15, 0.2) is 18.2 Å². The molecule has 0 aromatic heterocycles. The van der Waals surface area contributed by atoms with Crippen LogP contribution < -0.4 is 0 Å². The zero-order valence-electron chi connectivity index (χ0n) is 79.7. The lowest BCUT2D eigenvalue weighted by Crippen LogP contribution is -2.60. The van der Waals surface area contributed by atoms with Gasteiger partial charge in [-0.25, -0.2) is 130 Å². The van der Waals surface area contributed by atoms with Crippen molar-refractivity contribution in [3.8, 4) is 11.5 Å². The summed E-state index contributed by atoms with van der Waals surface area (Å²) in [5, 5.41) is 18.9. The van der Waals surface area contributed by atoms with Gasteiger partial charge in [0.2, 0.25) is 34.9 Å². The Kier molecular flexibility index (Phi) is 38.1. The Hall–Kier alpha value is -10.3. The SMILES string of the molecule is CC1CC(OC(=O)c2c(F)c(F)c(F)c(F)c2F)CC(C)N1C.CC1CC(OC(=O)c2c(O)c(F)c(F)c(F)c2F)CC(C)N1C.CC1CC(OC(=O)c2cc(F)c(F)c(F)c2)CC(C)N1C.CC1CC(OC(=O)c2cc(F)c(F)c(F)c2F)CC(C)N1C.CN1C(C)(C)CC(OC(=O)c2c(F)c(F)c(F)c(F)c2F)CC1(C)C.CN1C(C)(C)CC(OC(=O)c2c(O)c(F)c(F)c(F)c2F)CC1(C)C. The molecule has 774 valence electrons. The van der Waals surface area contributed by atoms with Crippen LogP contribution in [0, 0.1) is 145 Å². The van der Waals surface area contributed by atoms with Crippen LogP contribution in [0.5, 0.6) is 11.5 Å². The second-order valence-corrected chi connectivity index (χ2v) is 38.1. The molecule has 12 rings (SSSR count). The van der Waals surface area contributed by atoms with Gasteiger partial charge in [0.15, 0.2) is 122 Å². The number of phenolic OH excluding ortho intramolecular Hbond substituents is 2. The van der Waals surface area contributed by atoms with Crippen LogP contribution >= 0.6 is 0 Å². The maximum atomic E-state index is 13.8. The molecule has 2 N–H and O–H groups in total. The first-order valence-electron chi connectivity index (χ1n) is 43.6. The van der Waals surface area contributed by atoms with Crippen LogP contribution in [0.4, 0.5) is 110 Å². The summed E-state index contributed by atoms with van der Waals surface area (Å²) in [6.45, 7) is 30.9. The fourth-order valence-corrected chi connectivity index (χ4v) is 17.5. The van der Waals surface area contributed by atoms with E-state index in [0.29, 0.717) is 95.2 Å². The van der Waals surface area contributed by atoms with Crippen molar-refractivity contribution in [3.63, 3.8) is 0 Å². The van der Waals surface area contributed by atoms with E-state index in [1.165, 1.54) is 0 Å². The van der Waals surface area contributed by atoms with Gasteiger partial charge in [-0.15, -0.1) is 0 Å². The third-order valence-electron chi connectivity index (χ3n) is 26.8. The minimum absolute atomic E-state index is 0.0490. The number of nitrogens with zero attached hydrogens (tertiary/aromatic N) is 6. The molecule has 0 radical (unpaired) electrons. The fourth-order valence-electron chi connectivity index (χ4n) is 17.5. The molecule has 20 nitrogen and oxygen atoms in total. The highest BCUT2D eigenvalue weighted by molar-refractivity contribution is 5.94. The van der Waals surface area contributed by atoms with Gasteiger partial charge in [-0.1, -0.05) is 0 Å². The quantitative estimate of drug-likeness (QED) is 0.0383. The van der Waals surface area contributed by atoms with E-state index < -0.39 is 251 Å². The van der Waals surface area contributed by atoms with E-state index in [-0.39, 0.29) is 82.2 Å². The van der Waals surface area contributed by atoms with E-state index in [1.807, 2.05) is 158 Å². The van der Waals surface area contributed by atoms with Crippen LogP contribution in [-0.4, -0.2) is 225 Å². The first-order chi connectivity index (χ1) is 63.9. The molecule has 0 aliphatic carbocycles. The molecule has 6 aromatic rings. The lowest BCUT2D eigenvalue weighted by atomic mass is 9.78. The predicted octanol–water partition coefficient (Wildman–Crippen LogP) is 20.7. The minimum Gasteiger partial charge on any atom is -0.504 e. The number of carbonyl (C=O) groups is 6. The largest absolute Gasteiger partial charge is 0.504 e. The molecule has 0 saturated carbocycles. The zero-order valence-corrected chi connectivity index (χ0v) is 79.7. The van der Waals surface area contributed by atoms with Crippen LogP contribution in [0.3, 0.4) is 0 Å². The highest BCUT2D eigenvalue weighted by Crippen LogP contribution is 2.43. The Morgan fingerprint density at radius 3 is 0.683 bits per heavy atom. The fraction of sp³-hybridized carbons (Fsp3) is 0.553. The number of ether oxygens (including phenoxy) is 6. The number of hydrogen-bond donors (Lipinski definition) is 2. The van der Waals surface area contributed by atoms with Gasteiger partial charge in [-0.2, -0.15) is 8.78 Å². The zero-order chi connectivity index (χ0) is 106. The van der Waals surface area contributed by atoms with E-state index in [4.69, 9.17) is 28.4 Å². The monoisotopic (exact) mass is 2020 g/mol. The van der Waals surface area contributed by atoms with Crippen molar-refractivity contribution in [3.05, 3.63) is 197 Å². The van der Waals surface area contributed by atoms with Crippen molar-refractivity contribution in [2.24, 2.45) is 0 Å². The normalized spacial score (nSPS) is 24.0. The van der Waals surface area contributed by atoms with E-state index in [9.17, 15) is 149 Å². The molecule has 6 fully saturated rings. The molecule has 6 heterocycles. The van der Waals surface area contributed by atoms with Gasteiger partial charge in [-0.05, 0) is 223 Å². The van der Waals surface area contributed by atoms with Gasteiger partial charge in [0.25, 0.3) is 0 Å². The molecule has 6 aliphatic heterocycles. The molecular weight excluding hydrogens is 1910 g/mol. The molecule has 6 saturated heterocycles. The third kappa shape index (κ3) is 26.2. The molecule has 45 heteroatoms. The number of esters is 6. The van der Waals surface area contributed by atoms with E-state index in [0.717, 1.165) is 0 Å². The molecule has 8 unspecified atom stereocenters. The molecular formula is C94H109F25N6O14. The summed E-state index contributed by atoms with van der Waals surface area (Å²) < 4.78 is 363. The van der Waals surface area contributed by atoms with E-state index in [1.54, 1.807) is 0 Å². The standard InChI is InChI=1S/C17H20F5NO2.C17H21F4NO3.C15H16F5NO2.C15H17F4NO3.C15H17F4NO2.C15H18F3NO2/c1-16(2)6-8(7-17(3,4)23(16)5)25-15(24)9-10(18)12(20)14(22)13(21)11(9)19;1-16(2)6-8(7-17(3,4)22(16)5)25-15(24)9-10(18)11(19)12(20)13(21)14(9)23;1-6-4-8(5-7(2)21(6)3)23-15(22)9-10(16)12(18)14(20)13(19)11(9)17;1-6-4-8(5-7(2)20(6)3)23-15(22)9-10(16)11(17)12(18)13(19)14(9)21;1-7-4-9(5-8(2)20(7)3)22-15(21)10-6-11(16)13(18)14(19)12(10)17;1-8-4-11(5-9(2)19(8)3)21-15(20)10-6-12(16)14(18)13(17)7-10/h8H,6-7H2,1-5H3;8,23H,6-7H2,1-5H3;6-8H,4-5H2,1-3H3;6-8,21H,4-5H2,1-3H3;6-9H,4-5H2,1-3H3;6-9,11H,4-5H2,1-3H3. The Balaban J connectivity index is 0.000000227. The van der Waals surface area contributed by atoms with Crippen molar-refractivity contribution in [2.45, 2.75) is 295 Å². The van der Waals surface area contributed by atoms with Gasteiger partial charge >= 0.3 is 35.8 Å². The smallest absolute Gasteiger partial charge is 0.345 e. The van der Waals surface area contributed by atoms with Gasteiger partial charge in [0.1, 0.15) is 64.4 Å². The van der Waals surface area contributed by atoms with E-state index >= 15 is 0 Å². The van der Waals surface area contributed by atoms with Crippen LogP contribution in [0.25, 0.3) is 0 Å². The van der Waals surface area contributed by atoms with Crippen molar-refractivity contribution in [1.82, 2.24) is 29.4 Å². The topological polar surface area (TPSA) is 218 Å². The predicted molar refractivity (Wildman–Crippen MR) is 450 cm³/mol. The molecule has 6 aliphatic rings. The molecule has 0 spiro atoms. The van der Waals surface area contributed by atoms with Crippen molar-refractivity contribution < 1.29 is 177 Å².